The lowest BCUT2D eigenvalue weighted by Crippen LogP contribution is -2.27. The van der Waals surface area contributed by atoms with Gasteiger partial charge in [0.05, 0.1) is 12.2 Å². The summed E-state index contributed by atoms with van der Waals surface area (Å²) >= 11 is 1.61. The van der Waals surface area contributed by atoms with Crippen molar-refractivity contribution in [2.45, 2.75) is 71.1 Å². The molecule has 2 saturated carbocycles. The Bertz CT molecular complexity index is 696. The van der Waals surface area contributed by atoms with E-state index >= 15 is 0 Å². The highest BCUT2D eigenvalue weighted by atomic mass is 32.1. The van der Waals surface area contributed by atoms with Crippen molar-refractivity contribution in [3.05, 3.63) is 16.0 Å². The monoisotopic (exact) mass is 375 g/mol. The number of nitrogens with one attached hydrogen (secondary N) is 1. The highest BCUT2D eigenvalue weighted by molar-refractivity contribution is 7.17. The van der Waals surface area contributed by atoms with Gasteiger partial charge in [-0.2, -0.15) is 0 Å². The van der Waals surface area contributed by atoms with Crippen LogP contribution in [0, 0.1) is 17.8 Å². The number of thiophene rings is 1. The molecule has 1 aromatic rings. The van der Waals surface area contributed by atoms with Crippen LogP contribution in [0.15, 0.2) is 0 Å². The van der Waals surface area contributed by atoms with Gasteiger partial charge in [-0.05, 0) is 68.8 Å². The second-order valence-electron chi connectivity index (χ2n) is 8.18. The molecule has 2 fully saturated rings. The minimum atomic E-state index is -0.255. The van der Waals surface area contributed by atoms with Gasteiger partial charge in [0, 0.05) is 10.8 Å². The summed E-state index contributed by atoms with van der Waals surface area (Å²) in [7, 11) is 0. The lowest BCUT2D eigenvalue weighted by atomic mass is 9.88. The van der Waals surface area contributed by atoms with Crippen molar-refractivity contribution in [2.75, 3.05) is 11.9 Å². The molecule has 26 heavy (non-hydrogen) atoms. The van der Waals surface area contributed by atoms with E-state index in [2.05, 4.69) is 5.32 Å². The Labute approximate surface area is 159 Å². The molecule has 0 saturated heterocycles. The van der Waals surface area contributed by atoms with Crippen molar-refractivity contribution in [3.8, 4) is 0 Å². The summed E-state index contributed by atoms with van der Waals surface area (Å²) in [4.78, 5) is 26.9. The highest BCUT2D eigenvalue weighted by Gasteiger charge is 2.43. The summed E-state index contributed by atoms with van der Waals surface area (Å²) in [6.07, 6.45) is 10.9. The number of carbonyl (C=O) groups excluding carboxylic acids is 2. The Morgan fingerprint density at radius 2 is 2.00 bits per heavy atom. The van der Waals surface area contributed by atoms with E-state index in [9.17, 15) is 9.59 Å². The third kappa shape index (κ3) is 3.42. The van der Waals surface area contributed by atoms with Crippen molar-refractivity contribution in [3.63, 3.8) is 0 Å². The van der Waals surface area contributed by atoms with Crippen LogP contribution in [0.4, 0.5) is 5.00 Å². The average Bonchev–Trinajstić information content (AvgIpc) is 3.30. The maximum Gasteiger partial charge on any atom is 0.341 e. The van der Waals surface area contributed by atoms with Crippen LogP contribution in [0.5, 0.6) is 0 Å². The predicted octanol–water partition coefficient (Wildman–Crippen LogP) is 4.96. The molecule has 142 valence electrons. The van der Waals surface area contributed by atoms with Crippen LogP contribution in [0.3, 0.4) is 0 Å². The summed E-state index contributed by atoms with van der Waals surface area (Å²) in [5.41, 5.74) is 1.79. The van der Waals surface area contributed by atoms with Crippen molar-refractivity contribution < 1.29 is 14.3 Å². The molecule has 4 nitrogen and oxygen atoms in total. The number of carbonyl (C=O) groups is 2. The number of anilines is 1. The summed E-state index contributed by atoms with van der Waals surface area (Å²) in [6.45, 7) is 2.43. The van der Waals surface area contributed by atoms with Gasteiger partial charge in [-0.3, -0.25) is 4.79 Å². The molecule has 2 bridgehead atoms. The lowest BCUT2D eigenvalue weighted by molar-refractivity contribution is -0.121. The average molecular weight is 376 g/mol. The Hall–Kier alpha value is -1.36. The second-order valence-corrected chi connectivity index (χ2v) is 9.28. The summed E-state index contributed by atoms with van der Waals surface area (Å²) < 4.78 is 5.46. The van der Waals surface area contributed by atoms with Gasteiger partial charge in [-0.15, -0.1) is 11.3 Å². The zero-order valence-electron chi connectivity index (χ0n) is 15.6. The summed E-state index contributed by atoms with van der Waals surface area (Å²) in [5, 5.41) is 3.89. The van der Waals surface area contributed by atoms with Crippen LogP contribution in [0.25, 0.3) is 0 Å². The minimum absolute atomic E-state index is 0.123. The fraction of sp³-hybridized carbons (Fsp3) is 0.714. The molecule has 5 heteroatoms. The number of hydrogen-bond acceptors (Lipinski definition) is 4. The van der Waals surface area contributed by atoms with Gasteiger partial charge in [0.15, 0.2) is 0 Å². The van der Waals surface area contributed by atoms with E-state index in [-0.39, 0.29) is 17.8 Å². The molecule has 0 spiro atoms. The first-order valence-corrected chi connectivity index (χ1v) is 11.1. The Morgan fingerprint density at radius 3 is 2.73 bits per heavy atom. The first-order valence-electron chi connectivity index (χ1n) is 10.3. The summed E-state index contributed by atoms with van der Waals surface area (Å²) in [6, 6.07) is 0. The lowest BCUT2D eigenvalue weighted by Gasteiger charge is -2.20. The second kappa shape index (κ2) is 7.71. The largest absolute Gasteiger partial charge is 0.462 e. The van der Waals surface area contributed by atoms with E-state index < -0.39 is 0 Å². The van der Waals surface area contributed by atoms with Gasteiger partial charge in [0.1, 0.15) is 5.00 Å². The Balaban J connectivity index is 1.58. The molecule has 3 atom stereocenters. The first kappa shape index (κ1) is 18.0. The van der Waals surface area contributed by atoms with E-state index in [1.165, 1.54) is 30.6 Å². The molecule has 1 N–H and O–H groups in total. The van der Waals surface area contributed by atoms with Crippen molar-refractivity contribution >= 4 is 28.2 Å². The van der Waals surface area contributed by atoms with Crippen LogP contribution in [0.2, 0.25) is 0 Å². The molecule has 1 heterocycles. The standard InChI is InChI=1S/C21H29NO3S/c1-2-10-25-21(24)18-15-6-4-3-5-7-17(15)26-20(18)22-19(23)16-12-13-8-9-14(16)11-13/h13-14,16H,2-12H2,1H3,(H,22,23)/t13-,14+,16+/m0/s1. The van der Waals surface area contributed by atoms with Gasteiger partial charge in [-0.25, -0.2) is 4.79 Å². The van der Waals surface area contributed by atoms with Gasteiger partial charge < -0.3 is 10.1 Å². The van der Waals surface area contributed by atoms with E-state index in [4.69, 9.17) is 4.74 Å². The van der Waals surface area contributed by atoms with Gasteiger partial charge in [-0.1, -0.05) is 19.8 Å². The Morgan fingerprint density at radius 1 is 1.15 bits per heavy atom. The summed E-state index contributed by atoms with van der Waals surface area (Å²) in [5.74, 6) is 1.29. The number of aryl methyl sites for hydroxylation is 1. The zero-order valence-corrected chi connectivity index (χ0v) is 16.5. The molecule has 3 aliphatic carbocycles. The third-order valence-corrected chi connectivity index (χ3v) is 7.58. The van der Waals surface area contributed by atoms with Crippen LogP contribution < -0.4 is 5.32 Å². The van der Waals surface area contributed by atoms with E-state index in [0.717, 1.165) is 55.0 Å². The van der Waals surface area contributed by atoms with Crippen LogP contribution in [0.1, 0.15) is 79.1 Å². The quantitative estimate of drug-likeness (QED) is 0.585. The van der Waals surface area contributed by atoms with Crippen LogP contribution in [-0.2, 0) is 22.4 Å². The normalized spacial score (nSPS) is 27.0. The molecule has 4 rings (SSSR count). The fourth-order valence-corrected chi connectivity index (χ4v) is 6.36. The SMILES string of the molecule is CCCOC(=O)c1c(NC(=O)[C@@H]2C[C@H]3CC[C@@H]2C3)sc2c1CCCCC2. The molecule has 0 aliphatic heterocycles. The van der Waals surface area contributed by atoms with Crippen molar-refractivity contribution in [2.24, 2.45) is 17.8 Å². The number of fused-ring (bicyclic) bond motifs is 3. The zero-order chi connectivity index (χ0) is 18.1. The van der Waals surface area contributed by atoms with Gasteiger partial charge in [0.25, 0.3) is 0 Å². The van der Waals surface area contributed by atoms with Gasteiger partial charge >= 0.3 is 5.97 Å². The minimum Gasteiger partial charge on any atom is -0.462 e. The maximum atomic E-state index is 12.9. The van der Waals surface area contributed by atoms with Crippen molar-refractivity contribution in [1.29, 1.82) is 0 Å². The van der Waals surface area contributed by atoms with E-state index in [1.807, 2.05) is 6.92 Å². The third-order valence-electron chi connectivity index (χ3n) is 6.37. The van der Waals surface area contributed by atoms with Crippen LogP contribution in [-0.4, -0.2) is 18.5 Å². The number of hydrogen-bond donors (Lipinski definition) is 1. The first-order chi connectivity index (χ1) is 12.7. The molecule has 0 aromatic carbocycles. The molecular weight excluding hydrogens is 346 g/mol. The topological polar surface area (TPSA) is 55.4 Å². The number of rotatable bonds is 5. The molecule has 0 radical (unpaired) electrons. The number of amides is 1. The fourth-order valence-electron chi connectivity index (χ4n) is 5.08. The highest BCUT2D eigenvalue weighted by Crippen LogP contribution is 2.49. The molecular formula is C21H29NO3S. The predicted molar refractivity (Wildman–Crippen MR) is 104 cm³/mol. The number of ether oxygens (including phenoxy) is 1. The Kier molecular flexibility index (Phi) is 5.35. The molecule has 0 unspecified atom stereocenters. The molecule has 1 amide bonds. The maximum absolute atomic E-state index is 12.9. The van der Waals surface area contributed by atoms with E-state index in [1.54, 1.807) is 11.3 Å². The van der Waals surface area contributed by atoms with Gasteiger partial charge in [0.2, 0.25) is 5.91 Å². The number of esters is 1. The van der Waals surface area contributed by atoms with Crippen LogP contribution >= 0.6 is 11.3 Å². The van der Waals surface area contributed by atoms with E-state index in [0.29, 0.717) is 18.1 Å². The molecule has 3 aliphatic rings. The van der Waals surface area contributed by atoms with Crippen molar-refractivity contribution in [1.82, 2.24) is 0 Å². The molecule has 1 aromatic heterocycles. The smallest absolute Gasteiger partial charge is 0.341 e.